The molecule has 0 bridgehead atoms. The van der Waals surface area contributed by atoms with Gasteiger partial charge in [-0.2, -0.15) is 5.26 Å². The van der Waals surface area contributed by atoms with Crippen LogP contribution in [0.4, 0.5) is 5.69 Å². The van der Waals surface area contributed by atoms with Crippen LogP contribution < -0.4 is 5.32 Å². The zero-order chi connectivity index (χ0) is 13.5. The Morgan fingerprint density at radius 2 is 2.11 bits per heavy atom. The molecule has 18 heavy (non-hydrogen) atoms. The number of nitrogens with one attached hydrogen (secondary N) is 1. The Balaban J connectivity index is 2.79. The SMILES string of the molecule is COC(=O)c1ccccc1NCC(C#N)C(C)C. The molecular weight excluding hydrogens is 228 g/mol. The lowest BCUT2D eigenvalue weighted by Gasteiger charge is -2.16. The van der Waals surface area contributed by atoms with Crippen LogP contribution in [0.25, 0.3) is 0 Å². The first kappa shape index (κ1) is 14.0. The van der Waals surface area contributed by atoms with Crippen molar-refractivity contribution in [2.45, 2.75) is 13.8 Å². The van der Waals surface area contributed by atoms with E-state index in [2.05, 4.69) is 11.4 Å². The molecule has 1 unspecified atom stereocenters. The van der Waals surface area contributed by atoms with Gasteiger partial charge in [-0.1, -0.05) is 26.0 Å². The summed E-state index contributed by atoms with van der Waals surface area (Å²) >= 11 is 0. The molecule has 0 amide bonds. The maximum absolute atomic E-state index is 11.6. The van der Waals surface area contributed by atoms with Crippen LogP contribution >= 0.6 is 0 Å². The molecule has 4 nitrogen and oxygen atoms in total. The monoisotopic (exact) mass is 246 g/mol. The van der Waals surface area contributed by atoms with Crippen molar-refractivity contribution in [1.82, 2.24) is 0 Å². The lowest BCUT2D eigenvalue weighted by molar-refractivity contribution is 0.0602. The fourth-order valence-electron chi connectivity index (χ4n) is 1.58. The van der Waals surface area contributed by atoms with Gasteiger partial charge in [0, 0.05) is 12.2 Å². The van der Waals surface area contributed by atoms with E-state index >= 15 is 0 Å². The number of carbonyl (C=O) groups is 1. The van der Waals surface area contributed by atoms with Gasteiger partial charge in [-0.15, -0.1) is 0 Å². The lowest BCUT2D eigenvalue weighted by Crippen LogP contribution is -2.19. The number of nitriles is 1. The van der Waals surface area contributed by atoms with E-state index in [1.807, 2.05) is 19.9 Å². The van der Waals surface area contributed by atoms with Crippen LogP contribution in [0.1, 0.15) is 24.2 Å². The summed E-state index contributed by atoms with van der Waals surface area (Å²) in [6.45, 7) is 4.52. The first-order valence-corrected chi connectivity index (χ1v) is 5.91. The molecule has 0 aromatic heterocycles. The Morgan fingerprint density at radius 1 is 1.44 bits per heavy atom. The van der Waals surface area contributed by atoms with Crippen LogP contribution in [0.15, 0.2) is 24.3 Å². The number of rotatable bonds is 5. The topological polar surface area (TPSA) is 62.1 Å². The summed E-state index contributed by atoms with van der Waals surface area (Å²) in [4.78, 5) is 11.6. The molecule has 0 aliphatic carbocycles. The second-order valence-corrected chi connectivity index (χ2v) is 4.40. The second-order valence-electron chi connectivity index (χ2n) is 4.40. The van der Waals surface area contributed by atoms with Crippen molar-refractivity contribution in [1.29, 1.82) is 5.26 Å². The van der Waals surface area contributed by atoms with Crippen molar-refractivity contribution in [2.24, 2.45) is 11.8 Å². The van der Waals surface area contributed by atoms with Crippen LogP contribution in [-0.4, -0.2) is 19.6 Å². The fourth-order valence-corrected chi connectivity index (χ4v) is 1.58. The first-order chi connectivity index (χ1) is 8.60. The summed E-state index contributed by atoms with van der Waals surface area (Å²) in [5.74, 6) is -0.195. The number of ether oxygens (including phenoxy) is 1. The van der Waals surface area contributed by atoms with Gasteiger partial charge in [-0.3, -0.25) is 0 Å². The molecule has 1 aromatic carbocycles. The van der Waals surface area contributed by atoms with Gasteiger partial charge in [0.2, 0.25) is 0 Å². The van der Waals surface area contributed by atoms with Gasteiger partial charge in [-0.05, 0) is 18.1 Å². The number of methoxy groups -OCH3 is 1. The van der Waals surface area contributed by atoms with Crippen molar-refractivity contribution < 1.29 is 9.53 Å². The number of anilines is 1. The van der Waals surface area contributed by atoms with Crippen molar-refractivity contribution in [3.63, 3.8) is 0 Å². The highest BCUT2D eigenvalue weighted by molar-refractivity contribution is 5.95. The molecule has 1 N–H and O–H groups in total. The van der Waals surface area contributed by atoms with Crippen LogP contribution in [-0.2, 0) is 4.74 Å². The summed E-state index contributed by atoms with van der Waals surface area (Å²) in [6.07, 6.45) is 0. The van der Waals surface area contributed by atoms with Crippen molar-refractivity contribution in [3.8, 4) is 6.07 Å². The Bertz CT molecular complexity index is 449. The predicted molar refractivity (Wildman–Crippen MR) is 70.2 cm³/mol. The molecule has 0 saturated heterocycles. The van der Waals surface area contributed by atoms with E-state index in [4.69, 9.17) is 10.00 Å². The molecule has 1 rings (SSSR count). The molecular formula is C14H18N2O2. The lowest BCUT2D eigenvalue weighted by atomic mass is 9.97. The van der Waals surface area contributed by atoms with Crippen molar-refractivity contribution >= 4 is 11.7 Å². The van der Waals surface area contributed by atoms with Crippen LogP contribution in [0.3, 0.4) is 0 Å². The summed E-state index contributed by atoms with van der Waals surface area (Å²) < 4.78 is 4.71. The maximum Gasteiger partial charge on any atom is 0.339 e. The number of carbonyl (C=O) groups excluding carboxylic acids is 1. The standard InChI is InChI=1S/C14H18N2O2/c1-10(2)11(8-15)9-16-13-7-5-4-6-12(13)14(17)18-3/h4-7,10-11,16H,9H2,1-3H3. The van der Waals surface area contributed by atoms with Gasteiger partial charge in [0.15, 0.2) is 0 Å². The van der Waals surface area contributed by atoms with E-state index in [1.165, 1.54) is 7.11 Å². The third-order valence-electron chi connectivity index (χ3n) is 2.82. The smallest absolute Gasteiger partial charge is 0.339 e. The van der Waals surface area contributed by atoms with Gasteiger partial charge < -0.3 is 10.1 Å². The Hall–Kier alpha value is -2.02. The van der Waals surface area contributed by atoms with Gasteiger partial charge >= 0.3 is 5.97 Å². The highest BCUT2D eigenvalue weighted by Crippen LogP contribution is 2.18. The molecule has 0 spiro atoms. The average Bonchev–Trinajstić information content (AvgIpc) is 2.38. The van der Waals surface area contributed by atoms with Crippen LogP contribution in [0, 0.1) is 23.2 Å². The van der Waals surface area contributed by atoms with E-state index < -0.39 is 0 Å². The maximum atomic E-state index is 11.6. The normalized spacial score (nSPS) is 11.7. The summed E-state index contributed by atoms with van der Waals surface area (Å²) in [5.41, 5.74) is 1.19. The Labute approximate surface area is 108 Å². The Morgan fingerprint density at radius 3 is 2.67 bits per heavy atom. The molecule has 0 saturated carbocycles. The number of nitrogens with zero attached hydrogens (tertiary/aromatic N) is 1. The highest BCUT2D eigenvalue weighted by atomic mass is 16.5. The minimum Gasteiger partial charge on any atom is -0.465 e. The second kappa shape index (κ2) is 6.65. The third-order valence-corrected chi connectivity index (χ3v) is 2.82. The zero-order valence-corrected chi connectivity index (χ0v) is 10.9. The molecule has 4 heteroatoms. The van der Waals surface area contributed by atoms with E-state index in [0.717, 1.165) is 0 Å². The predicted octanol–water partition coefficient (Wildman–Crippen LogP) is 2.68. The molecule has 0 aliphatic rings. The molecule has 1 atom stereocenters. The van der Waals surface area contributed by atoms with Gasteiger partial charge in [0.25, 0.3) is 0 Å². The highest BCUT2D eigenvalue weighted by Gasteiger charge is 2.15. The largest absolute Gasteiger partial charge is 0.465 e. The van der Waals surface area contributed by atoms with Gasteiger partial charge in [0.1, 0.15) is 0 Å². The molecule has 0 heterocycles. The Kier molecular flexibility index (Phi) is 5.19. The number of hydrogen-bond donors (Lipinski definition) is 1. The van der Waals surface area contributed by atoms with E-state index in [0.29, 0.717) is 17.8 Å². The summed E-state index contributed by atoms with van der Waals surface area (Å²) in [6, 6.07) is 9.38. The van der Waals surface area contributed by atoms with Crippen molar-refractivity contribution in [3.05, 3.63) is 29.8 Å². The minimum atomic E-state index is -0.379. The summed E-state index contributed by atoms with van der Waals surface area (Å²) in [5, 5.41) is 12.2. The van der Waals surface area contributed by atoms with E-state index in [1.54, 1.807) is 18.2 Å². The molecule has 1 aromatic rings. The number of hydrogen-bond acceptors (Lipinski definition) is 4. The van der Waals surface area contributed by atoms with E-state index in [9.17, 15) is 4.79 Å². The van der Waals surface area contributed by atoms with Crippen molar-refractivity contribution in [2.75, 3.05) is 19.0 Å². The minimum absolute atomic E-state index is 0.0873. The average molecular weight is 246 g/mol. The van der Waals surface area contributed by atoms with Gasteiger partial charge in [-0.25, -0.2) is 4.79 Å². The van der Waals surface area contributed by atoms with Gasteiger partial charge in [0.05, 0.1) is 24.7 Å². The number of benzene rings is 1. The fraction of sp³-hybridized carbons (Fsp3) is 0.429. The van der Waals surface area contributed by atoms with E-state index in [-0.39, 0.29) is 17.8 Å². The number of para-hydroxylation sites is 1. The molecule has 0 radical (unpaired) electrons. The quantitative estimate of drug-likeness (QED) is 0.811. The molecule has 0 fully saturated rings. The molecule has 0 aliphatic heterocycles. The van der Waals surface area contributed by atoms with Crippen LogP contribution in [0.5, 0.6) is 0 Å². The van der Waals surface area contributed by atoms with Crippen LogP contribution in [0.2, 0.25) is 0 Å². The number of esters is 1. The summed E-state index contributed by atoms with van der Waals surface area (Å²) in [7, 11) is 1.35. The first-order valence-electron chi connectivity index (χ1n) is 5.91. The molecule has 96 valence electrons. The third kappa shape index (κ3) is 3.49. The zero-order valence-electron chi connectivity index (χ0n) is 10.9.